The van der Waals surface area contributed by atoms with Crippen LogP contribution in [-0.4, -0.2) is 31.7 Å². The Morgan fingerprint density at radius 2 is 1.86 bits per heavy atom. The number of nitrogens with zero attached hydrogens (tertiary/aromatic N) is 3. The molecule has 0 saturated heterocycles. The Morgan fingerprint density at radius 3 is 2.45 bits per heavy atom. The van der Waals surface area contributed by atoms with E-state index in [0.717, 1.165) is 5.56 Å². The fourth-order valence-corrected chi connectivity index (χ4v) is 1.96. The van der Waals surface area contributed by atoms with Gasteiger partial charge in [-0.1, -0.05) is 0 Å². The maximum absolute atomic E-state index is 11.7. The van der Waals surface area contributed by atoms with Gasteiger partial charge in [-0.25, -0.2) is 4.98 Å². The molecule has 7 nitrogen and oxygen atoms in total. The number of anilines is 1. The summed E-state index contributed by atoms with van der Waals surface area (Å²) in [5.41, 5.74) is 1.57. The topological polar surface area (TPSA) is 97.1 Å². The summed E-state index contributed by atoms with van der Waals surface area (Å²) >= 11 is 0. The maximum Gasteiger partial charge on any atom is 0.303 e. The molecule has 1 aromatic heterocycles. The van der Waals surface area contributed by atoms with Crippen molar-refractivity contribution in [1.82, 2.24) is 14.8 Å². The number of rotatable bonds is 7. The van der Waals surface area contributed by atoms with Gasteiger partial charge in [-0.15, -0.1) is 0 Å². The number of carbonyl (C=O) groups is 2. The Hall–Kier alpha value is -2.70. The van der Waals surface area contributed by atoms with E-state index in [1.807, 2.05) is 12.1 Å². The van der Waals surface area contributed by atoms with E-state index in [-0.39, 0.29) is 12.3 Å². The van der Waals surface area contributed by atoms with E-state index in [1.165, 1.54) is 0 Å². The van der Waals surface area contributed by atoms with Crippen LogP contribution in [0.3, 0.4) is 0 Å². The molecule has 0 aliphatic heterocycles. The number of amides is 1. The molecule has 2 rings (SSSR count). The summed E-state index contributed by atoms with van der Waals surface area (Å²) in [5, 5.41) is 15.5. The van der Waals surface area contributed by atoms with Crippen LogP contribution >= 0.6 is 0 Å². The average Bonchev–Trinajstić information content (AvgIpc) is 2.91. The van der Waals surface area contributed by atoms with E-state index in [2.05, 4.69) is 15.4 Å². The Morgan fingerprint density at radius 1 is 1.18 bits per heavy atom. The second kappa shape index (κ2) is 7.35. The summed E-state index contributed by atoms with van der Waals surface area (Å²) in [5.74, 6) is -0.317. The lowest BCUT2D eigenvalue weighted by Gasteiger charge is -2.05. The number of hydrogen-bond acceptors (Lipinski definition) is 4. The summed E-state index contributed by atoms with van der Waals surface area (Å²) in [6.07, 6.45) is 3.11. The SMILES string of the molecule is Cn1cnc(-c2ccc(NC(=O)CCCCC(=O)O)cc2)n1. The van der Waals surface area contributed by atoms with Crippen molar-refractivity contribution in [2.75, 3.05) is 5.32 Å². The molecule has 7 heteroatoms. The summed E-state index contributed by atoms with van der Waals surface area (Å²) in [4.78, 5) is 26.3. The molecule has 2 aromatic rings. The Kier molecular flexibility index (Phi) is 5.24. The molecule has 0 aliphatic rings. The van der Waals surface area contributed by atoms with Crippen LogP contribution in [0.1, 0.15) is 25.7 Å². The first-order valence-corrected chi connectivity index (χ1v) is 7.02. The van der Waals surface area contributed by atoms with Gasteiger partial charge in [0.25, 0.3) is 0 Å². The predicted octanol–water partition coefficient (Wildman–Crippen LogP) is 2.07. The van der Waals surface area contributed by atoms with E-state index in [0.29, 0.717) is 30.8 Å². The highest BCUT2D eigenvalue weighted by atomic mass is 16.4. The minimum Gasteiger partial charge on any atom is -0.481 e. The molecule has 0 bridgehead atoms. The van der Waals surface area contributed by atoms with Crippen LogP contribution < -0.4 is 5.32 Å². The third kappa shape index (κ3) is 4.69. The molecule has 0 saturated carbocycles. The van der Waals surface area contributed by atoms with Gasteiger partial charge in [0.15, 0.2) is 5.82 Å². The molecule has 1 heterocycles. The number of aromatic nitrogens is 3. The fraction of sp³-hybridized carbons (Fsp3) is 0.333. The first kappa shape index (κ1) is 15.7. The zero-order valence-corrected chi connectivity index (χ0v) is 12.3. The second-order valence-corrected chi connectivity index (χ2v) is 4.97. The molecule has 22 heavy (non-hydrogen) atoms. The van der Waals surface area contributed by atoms with Crippen molar-refractivity contribution in [1.29, 1.82) is 0 Å². The number of nitrogens with one attached hydrogen (secondary N) is 1. The van der Waals surface area contributed by atoms with Crippen molar-refractivity contribution < 1.29 is 14.7 Å². The highest BCUT2D eigenvalue weighted by Crippen LogP contribution is 2.17. The average molecular weight is 302 g/mol. The van der Waals surface area contributed by atoms with Gasteiger partial charge in [0.1, 0.15) is 6.33 Å². The van der Waals surface area contributed by atoms with Crippen LogP contribution in [0, 0.1) is 0 Å². The number of hydrogen-bond donors (Lipinski definition) is 2. The van der Waals surface area contributed by atoms with Crippen LogP contribution in [0.2, 0.25) is 0 Å². The lowest BCUT2D eigenvalue weighted by Crippen LogP contribution is -2.11. The van der Waals surface area contributed by atoms with Gasteiger partial charge in [0, 0.05) is 31.1 Å². The Labute approximate surface area is 128 Å². The number of carboxylic acid groups (broad SMARTS) is 1. The number of unbranched alkanes of at least 4 members (excludes halogenated alkanes) is 1. The fourth-order valence-electron chi connectivity index (χ4n) is 1.96. The lowest BCUT2D eigenvalue weighted by molar-refractivity contribution is -0.137. The van der Waals surface area contributed by atoms with Gasteiger partial charge in [0.05, 0.1) is 0 Å². The summed E-state index contributed by atoms with van der Waals surface area (Å²) in [6.45, 7) is 0. The summed E-state index contributed by atoms with van der Waals surface area (Å²) < 4.78 is 1.63. The molecular formula is C15H18N4O3. The highest BCUT2D eigenvalue weighted by molar-refractivity contribution is 5.90. The third-order valence-electron chi connectivity index (χ3n) is 3.07. The van der Waals surface area contributed by atoms with Gasteiger partial charge in [0.2, 0.25) is 5.91 Å². The second-order valence-electron chi connectivity index (χ2n) is 4.97. The Balaban J connectivity index is 1.83. The first-order chi connectivity index (χ1) is 10.5. The third-order valence-corrected chi connectivity index (χ3v) is 3.07. The van der Waals surface area contributed by atoms with E-state index < -0.39 is 5.97 Å². The van der Waals surface area contributed by atoms with Crippen LogP contribution in [0.5, 0.6) is 0 Å². The van der Waals surface area contributed by atoms with Gasteiger partial charge in [-0.3, -0.25) is 14.3 Å². The molecule has 0 unspecified atom stereocenters. The van der Waals surface area contributed by atoms with E-state index in [4.69, 9.17) is 5.11 Å². The van der Waals surface area contributed by atoms with Crippen molar-refractivity contribution in [2.24, 2.45) is 7.05 Å². The first-order valence-electron chi connectivity index (χ1n) is 7.02. The number of benzene rings is 1. The van der Waals surface area contributed by atoms with Crippen LogP contribution in [-0.2, 0) is 16.6 Å². The molecule has 1 aromatic carbocycles. The standard InChI is InChI=1S/C15H18N4O3/c1-19-10-16-15(18-19)11-6-8-12(9-7-11)17-13(20)4-2-3-5-14(21)22/h6-10H,2-5H2,1H3,(H,17,20)(H,21,22). The van der Waals surface area contributed by atoms with E-state index in [9.17, 15) is 9.59 Å². The lowest BCUT2D eigenvalue weighted by atomic mass is 10.1. The van der Waals surface area contributed by atoms with Crippen LogP contribution in [0.4, 0.5) is 5.69 Å². The van der Waals surface area contributed by atoms with E-state index in [1.54, 1.807) is 30.2 Å². The van der Waals surface area contributed by atoms with Crippen molar-refractivity contribution in [3.05, 3.63) is 30.6 Å². The molecule has 0 atom stereocenters. The van der Waals surface area contributed by atoms with Crippen molar-refractivity contribution in [2.45, 2.75) is 25.7 Å². The minimum absolute atomic E-state index is 0.0963. The quantitative estimate of drug-likeness (QED) is 0.763. The Bertz CT molecular complexity index is 649. The largest absolute Gasteiger partial charge is 0.481 e. The molecule has 0 fully saturated rings. The highest BCUT2D eigenvalue weighted by Gasteiger charge is 2.06. The molecular weight excluding hydrogens is 284 g/mol. The van der Waals surface area contributed by atoms with Crippen LogP contribution in [0.25, 0.3) is 11.4 Å². The number of aryl methyl sites for hydroxylation is 1. The van der Waals surface area contributed by atoms with Crippen molar-refractivity contribution >= 4 is 17.6 Å². The summed E-state index contributed by atoms with van der Waals surface area (Å²) in [6, 6.07) is 7.27. The molecule has 0 radical (unpaired) electrons. The number of carbonyl (C=O) groups excluding carboxylic acids is 1. The zero-order chi connectivity index (χ0) is 15.9. The number of carboxylic acids is 1. The van der Waals surface area contributed by atoms with Gasteiger partial charge in [-0.2, -0.15) is 5.10 Å². The maximum atomic E-state index is 11.7. The summed E-state index contributed by atoms with van der Waals surface area (Å²) in [7, 11) is 1.80. The van der Waals surface area contributed by atoms with Gasteiger partial charge < -0.3 is 10.4 Å². The van der Waals surface area contributed by atoms with Gasteiger partial charge in [-0.05, 0) is 37.1 Å². The molecule has 2 N–H and O–H groups in total. The predicted molar refractivity (Wildman–Crippen MR) is 81.2 cm³/mol. The molecule has 0 spiro atoms. The van der Waals surface area contributed by atoms with Gasteiger partial charge >= 0.3 is 5.97 Å². The molecule has 116 valence electrons. The smallest absolute Gasteiger partial charge is 0.303 e. The van der Waals surface area contributed by atoms with Crippen molar-refractivity contribution in [3.8, 4) is 11.4 Å². The molecule has 0 aliphatic carbocycles. The van der Waals surface area contributed by atoms with Crippen LogP contribution in [0.15, 0.2) is 30.6 Å². The normalized spacial score (nSPS) is 10.4. The zero-order valence-electron chi connectivity index (χ0n) is 12.3. The number of aliphatic carboxylic acids is 1. The molecule has 1 amide bonds. The van der Waals surface area contributed by atoms with E-state index >= 15 is 0 Å². The monoisotopic (exact) mass is 302 g/mol. The van der Waals surface area contributed by atoms with Crippen molar-refractivity contribution in [3.63, 3.8) is 0 Å². The minimum atomic E-state index is -0.834.